The Bertz CT molecular complexity index is 1270. The molecule has 1 aromatic heterocycles. The molecule has 1 aliphatic heterocycles. The lowest BCUT2D eigenvalue weighted by atomic mass is 10.1. The van der Waals surface area contributed by atoms with Gasteiger partial charge in [0.1, 0.15) is 10.1 Å². The predicted octanol–water partition coefficient (Wildman–Crippen LogP) is 4.37. The van der Waals surface area contributed by atoms with Gasteiger partial charge in [-0.2, -0.15) is 4.31 Å². The molecule has 2 heterocycles. The Morgan fingerprint density at radius 3 is 2.50 bits per heavy atom. The van der Waals surface area contributed by atoms with Crippen LogP contribution in [0, 0.1) is 0 Å². The number of nitrogens with zero attached hydrogens (tertiary/aromatic N) is 3. The molecule has 0 radical (unpaired) electrons. The van der Waals surface area contributed by atoms with E-state index in [4.69, 9.17) is 4.74 Å². The highest BCUT2D eigenvalue weighted by Crippen LogP contribution is 2.30. The summed E-state index contributed by atoms with van der Waals surface area (Å²) in [5.41, 5.74) is 1.64. The lowest BCUT2D eigenvalue weighted by molar-refractivity contribution is 0.231. The zero-order chi connectivity index (χ0) is 24.5. The van der Waals surface area contributed by atoms with Gasteiger partial charge in [-0.15, -0.1) is 24.0 Å². The van der Waals surface area contributed by atoms with Crippen molar-refractivity contribution in [2.75, 3.05) is 25.1 Å². The van der Waals surface area contributed by atoms with E-state index in [0.717, 1.165) is 15.9 Å². The SMILES string of the molecule is COc1ccc(S(=O)(=O)N2CCC(NC(=O)N(c3ccc4nc(S)sc4c3)C(C)C)CC2)cc1. The number of hydrogen-bond donors (Lipinski definition) is 2. The summed E-state index contributed by atoms with van der Waals surface area (Å²) in [6, 6.07) is 11.8. The van der Waals surface area contributed by atoms with Crippen molar-refractivity contribution in [1.29, 1.82) is 0 Å². The number of carbonyl (C=O) groups is 1. The molecule has 1 fully saturated rings. The first-order valence-corrected chi connectivity index (χ1v) is 13.7. The van der Waals surface area contributed by atoms with Gasteiger partial charge >= 0.3 is 6.03 Å². The summed E-state index contributed by atoms with van der Waals surface area (Å²) in [6.07, 6.45) is 1.09. The number of nitrogens with one attached hydrogen (secondary N) is 1. The van der Waals surface area contributed by atoms with E-state index < -0.39 is 10.0 Å². The number of methoxy groups -OCH3 is 1. The van der Waals surface area contributed by atoms with Crippen LogP contribution < -0.4 is 15.0 Å². The molecular formula is C23H28N4O4S3. The first-order chi connectivity index (χ1) is 16.2. The van der Waals surface area contributed by atoms with E-state index in [1.807, 2.05) is 32.0 Å². The summed E-state index contributed by atoms with van der Waals surface area (Å²) in [5.74, 6) is 0.607. The molecule has 182 valence electrons. The van der Waals surface area contributed by atoms with E-state index in [9.17, 15) is 13.2 Å². The smallest absolute Gasteiger partial charge is 0.322 e. The van der Waals surface area contributed by atoms with E-state index in [-0.39, 0.29) is 23.0 Å². The Morgan fingerprint density at radius 2 is 1.88 bits per heavy atom. The van der Waals surface area contributed by atoms with Gasteiger partial charge in [0.05, 0.1) is 22.2 Å². The van der Waals surface area contributed by atoms with Crippen molar-refractivity contribution in [2.24, 2.45) is 0 Å². The normalized spacial score (nSPS) is 15.6. The predicted molar refractivity (Wildman–Crippen MR) is 138 cm³/mol. The number of aromatic nitrogens is 1. The van der Waals surface area contributed by atoms with E-state index in [1.165, 1.54) is 15.6 Å². The lowest BCUT2D eigenvalue weighted by Gasteiger charge is -2.34. The monoisotopic (exact) mass is 520 g/mol. The highest BCUT2D eigenvalue weighted by molar-refractivity contribution is 7.89. The second kappa shape index (κ2) is 10.1. The second-order valence-electron chi connectivity index (χ2n) is 8.42. The lowest BCUT2D eigenvalue weighted by Crippen LogP contribution is -2.51. The number of hydrogen-bond acceptors (Lipinski definition) is 7. The minimum atomic E-state index is -3.59. The van der Waals surface area contributed by atoms with Crippen LogP contribution in [0.5, 0.6) is 5.75 Å². The Labute approximate surface area is 209 Å². The van der Waals surface area contributed by atoms with Crippen molar-refractivity contribution in [3.8, 4) is 5.75 Å². The van der Waals surface area contributed by atoms with E-state index >= 15 is 0 Å². The summed E-state index contributed by atoms with van der Waals surface area (Å²) >= 11 is 5.79. The molecule has 0 spiro atoms. The Balaban J connectivity index is 1.41. The fourth-order valence-corrected chi connectivity index (χ4v) is 6.69. The molecule has 1 N–H and O–H groups in total. The summed E-state index contributed by atoms with van der Waals surface area (Å²) in [7, 11) is -2.05. The summed E-state index contributed by atoms with van der Waals surface area (Å²) in [5, 5.41) is 3.10. The molecule has 4 rings (SSSR count). The molecule has 2 amide bonds. The Hall–Kier alpha value is -2.34. The Kier molecular flexibility index (Phi) is 7.36. The summed E-state index contributed by atoms with van der Waals surface area (Å²) in [4.78, 5) is 19.5. The standard InChI is InChI=1S/C23H28N4O4S3/c1-15(2)27(17-4-9-20-21(14-17)33-23(32)25-20)22(28)24-16-10-12-26(13-11-16)34(29,30)19-7-5-18(31-3)6-8-19/h4-9,14-16H,10-13H2,1-3H3,(H,24,28)(H,25,32). The molecule has 11 heteroatoms. The van der Waals surface area contributed by atoms with Crippen molar-refractivity contribution in [3.05, 3.63) is 42.5 Å². The van der Waals surface area contributed by atoms with Crippen LogP contribution in [0.2, 0.25) is 0 Å². The molecule has 0 bridgehead atoms. The molecule has 0 aliphatic carbocycles. The first-order valence-electron chi connectivity index (χ1n) is 11.0. The van der Waals surface area contributed by atoms with Crippen LogP contribution in [0.25, 0.3) is 10.2 Å². The number of benzene rings is 2. The quantitative estimate of drug-likeness (QED) is 0.471. The third kappa shape index (κ3) is 5.17. The van der Waals surface area contributed by atoms with Crippen LogP contribution >= 0.6 is 24.0 Å². The molecule has 34 heavy (non-hydrogen) atoms. The number of urea groups is 1. The number of carbonyl (C=O) groups excluding carboxylic acids is 1. The van der Waals surface area contributed by atoms with Crippen LogP contribution in [0.3, 0.4) is 0 Å². The van der Waals surface area contributed by atoms with E-state index in [2.05, 4.69) is 22.9 Å². The topological polar surface area (TPSA) is 91.8 Å². The van der Waals surface area contributed by atoms with Gasteiger partial charge in [-0.1, -0.05) is 0 Å². The number of rotatable bonds is 6. The van der Waals surface area contributed by atoms with Crippen molar-refractivity contribution in [3.63, 3.8) is 0 Å². The molecule has 0 unspecified atom stereocenters. The summed E-state index contributed by atoms with van der Waals surface area (Å²) in [6.45, 7) is 4.62. The molecule has 1 aliphatic rings. The number of thiol groups is 1. The van der Waals surface area contributed by atoms with Crippen LogP contribution in [-0.4, -0.2) is 56.0 Å². The average Bonchev–Trinajstić information content (AvgIpc) is 3.18. The van der Waals surface area contributed by atoms with Crippen LogP contribution in [0.4, 0.5) is 10.5 Å². The number of thiazole rings is 1. The molecule has 2 aromatic carbocycles. The van der Waals surface area contributed by atoms with Gasteiger partial charge < -0.3 is 10.1 Å². The van der Waals surface area contributed by atoms with Gasteiger partial charge in [0, 0.05) is 30.9 Å². The number of ether oxygens (including phenoxy) is 1. The maximum Gasteiger partial charge on any atom is 0.322 e. The van der Waals surface area contributed by atoms with Gasteiger partial charge in [0.2, 0.25) is 10.0 Å². The van der Waals surface area contributed by atoms with Gasteiger partial charge in [-0.05, 0) is 69.2 Å². The van der Waals surface area contributed by atoms with Crippen LogP contribution in [-0.2, 0) is 10.0 Å². The van der Waals surface area contributed by atoms with Gasteiger partial charge in [-0.25, -0.2) is 18.2 Å². The molecule has 0 saturated carbocycles. The van der Waals surface area contributed by atoms with E-state index in [1.54, 1.807) is 36.3 Å². The number of sulfonamides is 1. The van der Waals surface area contributed by atoms with Crippen LogP contribution in [0.1, 0.15) is 26.7 Å². The number of anilines is 1. The third-order valence-corrected chi connectivity index (χ3v) is 8.96. The van der Waals surface area contributed by atoms with Crippen molar-refractivity contribution in [2.45, 2.75) is 48.0 Å². The maximum atomic E-state index is 13.2. The van der Waals surface area contributed by atoms with Crippen molar-refractivity contribution in [1.82, 2.24) is 14.6 Å². The van der Waals surface area contributed by atoms with Crippen molar-refractivity contribution >= 4 is 55.9 Å². The number of piperidine rings is 1. The zero-order valence-electron chi connectivity index (χ0n) is 19.3. The Morgan fingerprint density at radius 1 is 1.21 bits per heavy atom. The highest BCUT2D eigenvalue weighted by Gasteiger charge is 2.31. The summed E-state index contributed by atoms with van der Waals surface area (Å²) < 4.78 is 34.2. The molecular weight excluding hydrogens is 492 g/mol. The van der Waals surface area contributed by atoms with Gasteiger partial charge in [0.25, 0.3) is 0 Å². The average molecular weight is 521 g/mol. The minimum absolute atomic E-state index is 0.0589. The second-order valence-corrected chi connectivity index (χ2v) is 12.1. The maximum absolute atomic E-state index is 13.2. The molecule has 3 aromatic rings. The van der Waals surface area contributed by atoms with E-state index in [0.29, 0.717) is 36.0 Å². The number of fused-ring (bicyclic) bond motifs is 1. The van der Waals surface area contributed by atoms with Gasteiger partial charge in [0.15, 0.2) is 0 Å². The molecule has 8 nitrogen and oxygen atoms in total. The number of amides is 2. The third-order valence-electron chi connectivity index (χ3n) is 5.85. The van der Waals surface area contributed by atoms with Gasteiger partial charge in [-0.3, -0.25) is 4.90 Å². The van der Waals surface area contributed by atoms with Crippen molar-refractivity contribution < 1.29 is 17.9 Å². The molecule has 0 atom stereocenters. The van der Waals surface area contributed by atoms with Crippen LogP contribution in [0.15, 0.2) is 51.7 Å². The fourth-order valence-electron chi connectivity index (χ4n) is 4.08. The molecule has 1 saturated heterocycles. The highest BCUT2D eigenvalue weighted by atomic mass is 32.2. The fraction of sp³-hybridized carbons (Fsp3) is 0.391. The zero-order valence-corrected chi connectivity index (χ0v) is 21.8. The largest absolute Gasteiger partial charge is 0.497 e. The first kappa shape index (κ1) is 24.8. The minimum Gasteiger partial charge on any atom is -0.497 e.